The molecule has 39 heavy (non-hydrogen) atoms. The number of carbonyl (C=O) groups excluding carboxylic acids is 2. The first-order valence-corrected chi connectivity index (χ1v) is 14.4. The van der Waals surface area contributed by atoms with Gasteiger partial charge in [-0.05, 0) is 11.6 Å². The number of alkyl halides is 3. The fourth-order valence-corrected chi connectivity index (χ4v) is 7.51. The van der Waals surface area contributed by atoms with Gasteiger partial charge in [0, 0.05) is 0 Å². The third-order valence-electron chi connectivity index (χ3n) is 6.68. The normalized spacial score (nSPS) is 29.7. The summed E-state index contributed by atoms with van der Waals surface area (Å²) in [6.45, 7) is 0. The Bertz CT molecular complexity index is 1390. The van der Waals surface area contributed by atoms with Crippen LogP contribution in [-0.4, -0.2) is 105 Å². The molecule has 3 heterocycles. The molecular formula is C20H18B3F3O11S2. The summed E-state index contributed by atoms with van der Waals surface area (Å²) in [6, 6.07) is 3.01. The molecule has 2 bridgehead atoms. The van der Waals surface area contributed by atoms with Crippen LogP contribution in [0.2, 0.25) is 0 Å². The molecule has 3 saturated heterocycles. The molecule has 3 fully saturated rings. The van der Waals surface area contributed by atoms with E-state index in [0.717, 1.165) is 0 Å². The summed E-state index contributed by atoms with van der Waals surface area (Å²) in [5.41, 5.74) is 1.21. The number of halogens is 3. The standard InChI is InChI=1S/C20H18B3F3O11S2/c21-3-7-1-8(4-22)10(5-23)9(2-7)18(27)36-14-13-12(17-16(35-13)15(14)37-39(17,32)33)19(28)34-11(20(24,25)26)6-38(29,30)31/h1-2,11-17H,3-6H2,(H,29,30,31). The van der Waals surface area contributed by atoms with E-state index in [-0.39, 0.29) is 24.5 Å². The van der Waals surface area contributed by atoms with Crippen molar-refractivity contribution in [3.63, 3.8) is 0 Å². The lowest BCUT2D eigenvalue weighted by molar-refractivity contribution is -0.218. The summed E-state index contributed by atoms with van der Waals surface area (Å²) in [4.78, 5) is 26.0. The number of fused-ring (bicyclic) bond motifs is 1. The third kappa shape index (κ3) is 5.60. The minimum absolute atomic E-state index is 0.0125. The van der Waals surface area contributed by atoms with Gasteiger partial charge >= 0.3 is 18.1 Å². The van der Waals surface area contributed by atoms with Crippen LogP contribution in [0, 0.1) is 5.92 Å². The highest BCUT2D eigenvalue weighted by atomic mass is 32.2. The lowest BCUT2D eigenvalue weighted by atomic mass is 9.81. The van der Waals surface area contributed by atoms with Crippen LogP contribution in [0.25, 0.3) is 0 Å². The van der Waals surface area contributed by atoms with E-state index in [1.54, 1.807) is 6.07 Å². The van der Waals surface area contributed by atoms with Gasteiger partial charge in [0.1, 0.15) is 35.2 Å². The first-order chi connectivity index (χ1) is 18.0. The Balaban J connectivity index is 1.65. The Labute approximate surface area is 225 Å². The molecule has 3 aliphatic rings. The number of esters is 2. The van der Waals surface area contributed by atoms with E-state index in [1.165, 1.54) is 6.07 Å². The largest absolute Gasteiger partial charge is 0.453 e. The molecule has 3 aliphatic heterocycles. The van der Waals surface area contributed by atoms with Crippen LogP contribution >= 0.6 is 0 Å². The minimum atomic E-state index is -5.43. The molecule has 0 aromatic heterocycles. The van der Waals surface area contributed by atoms with Crippen LogP contribution in [-0.2, 0) is 62.4 Å². The molecule has 6 radical (unpaired) electrons. The van der Waals surface area contributed by atoms with E-state index < -0.39 is 85.8 Å². The molecule has 0 aliphatic carbocycles. The molecule has 206 valence electrons. The van der Waals surface area contributed by atoms with E-state index >= 15 is 0 Å². The molecule has 4 rings (SSSR count). The van der Waals surface area contributed by atoms with Gasteiger partial charge in [0.05, 0.1) is 29.1 Å². The number of rotatable bonds is 9. The van der Waals surface area contributed by atoms with E-state index in [0.29, 0.717) is 16.7 Å². The van der Waals surface area contributed by atoms with Crippen molar-refractivity contribution in [2.45, 2.75) is 60.9 Å². The van der Waals surface area contributed by atoms with E-state index in [9.17, 15) is 39.6 Å². The molecule has 1 N–H and O–H groups in total. The SMILES string of the molecule is [B]Cc1cc(C[B])c(C[B])c(C(=O)OC2C3OS(=O)(=O)C4C3OC2C4C(=O)OC(CS(=O)(=O)O)C(F)(F)F)c1. The maximum Gasteiger partial charge on any atom is 0.426 e. The van der Waals surface area contributed by atoms with Gasteiger partial charge in [0.2, 0.25) is 6.10 Å². The number of hydrogen-bond acceptors (Lipinski definition) is 10. The number of ether oxygens (including phenoxy) is 3. The second-order valence-corrected chi connectivity index (χ2v) is 12.3. The fourth-order valence-electron chi connectivity index (χ4n) is 5.04. The summed E-state index contributed by atoms with van der Waals surface area (Å²) in [7, 11) is 7.29. The van der Waals surface area contributed by atoms with Crippen LogP contribution < -0.4 is 0 Å². The smallest absolute Gasteiger partial charge is 0.426 e. The predicted molar refractivity (Wildman–Crippen MR) is 126 cm³/mol. The van der Waals surface area contributed by atoms with E-state index in [2.05, 4.69) is 4.74 Å². The summed E-state index contributed by atoms with van der Waals surface area (Å²) < 4.78 is 116. The second kappa shape index (κ2) is 10.4. The first kappa shape index (κ1) is 29.9. The molecule has 0 amide bonds. The predicted octanol–water partition coefficient (Wildman–Crippen LogP) is -0.926. The summed E-state index contributed by atoms with van der Waals surface area (Å²) in [6.07, 6.45) is -14.9. The molecule has 0 spiro atoms. The van der Waals surface area contributed by atoms with Gasteiger partial charge in [-0.25, -0.2) is 4.79 Å². The van der Waals surface area contributed by atoms with Crippen molar-refractivity contribution in [3.05, 3.63) is 34.4 Å². The average molecular weight is 588 g/mol. The van der Waals surface area contributed by atoms with E-state index in [1.807, 2.05) is 0 Å². The summed E-state index contributed by atoms with van der Waals surface area (Å²) in [5.74, 6) is -6.85. The van der Waals surface area contributed by atoms with Crippen molar-refractivity contribution in [2.24, 2.45) is 5.92 Å². The highest BCUT2D eigenvalue weighted by Crippen LogP contribution is 2.52. The molecule has 11 nitrogen and oxygen atoms in total. The molecule has 1 aromatic rings. The summed E-state index contributed by atoms with van der Waals surface area (Å²) >= 11 is 0. The number of hydrogen-bond donors (Lipinski definition) is 1. The highest BCUT2D eigenvalue weighted by molar-refractivity contribution is 7.87. The Hall–Kier alpha value is -2.08. The summed E-state index contributed by atoms with van der Waals surface area (Å²) in [5, 5.41) is -1.81. The maximum atomic E-state index is 13.3. The third-order valence-corrected chi connectivity index (χ3v) is 9.12. The molecule has 0 saturated carbocycles. The Kier molecular flexibility index (Phi) is 7.97. The van der Waals surface area contributed by atoms with Gasteiger partial charge in [-0.2, -0.15) is 30.0 Å². The van der Waals surface area contributed by atoms with Crippen LogP contribution in [0.5, 0.6) is 0 Å². The van der Waals surface area contributed by atoms with Gasteiger partial charge < -0.3 is 14.2 Å². The fraction of sp³-hybridized carbons (Fsp3) is 0.600. The van der Waals surface area contributed by atoms with Gasteiger partial charge in [0.25, 0.3) is 20.2 Å². The zero-order valence-corrected chi connectivity index (χ0v) is 21.4. The molecule has 1 aromatic carbocycles. The molecular weight excluding hydrogens is 570 g/mol. The number of benzene rings is 1. The van der Waals surface area contributed by atoms with Crippen LogP contribution in [0.3, 0.4) is 0 Å². The van der Waals surface area contributed by atoms with Crippen molar-refractivity contribution in [1.29, 1.82) is 0 Å². The highest BCUT2D eigenvalue weighted by Gasteiger charge is 2.74. The zero-order chi connectivity index (χ0) is 29.1. The molecule has 7 atom stereocenters. The van der Waals surface area contributed by atoms with Crippen molar-refractivity contribution in [3.8, 4) is 0 Å². The van der Waals surface area contributed by atoms with Gasteiger partial charge in [-0.15, -0.1) is 0 Å². The van der Waals surface area contributed by atoms with Crippen LogP contribution in [0.15, 0.2) is 12.1 Å². The monoisotopic (exact) mass is 588 g/mol. The van der Waals surface area contributed by atoms with Crippen molar-refractivity contribution in [2.75, 3.05) is 5.75 Å². The topological polar surface area (TPSA) is 160 Å². The number of carbonyl (C=O) groups is 2. The Morgan fingerprint density at radius 3 is 2.28 bits per heavy atom. The Morgan fingerprint density at radius 2 is 1.74 bits per heavy atom. The Morgan fingerprint density at radius 1 is 1.08 bits per heavy atom. The van der Waals surface area contributed by atoms with Crippen molar-refractivity contribution >= 4 is 55.7 Å². The molecule has 7 unspecified atom stereocenters. The second-order valence-electron chi connectivity index (χ2n) is 9.09. The quantitative estimate of drug-likeness (QED) is 0.165. The van der Waals surface area contributed by atoms with Gasteiger partial charge in [-0.3, -0.25) is 13.5 Å². The van der Waals surface area contributed by atoms with Gasteiger partial charge in [0.15, 0.2) is 6.10 Å². The lowest BCUT2D eigenvalue weighted by Gasteiger charge is -2.29. The van der Waals surface area contributed by atoms with Crippen molar-refractivity contribution in [1.82, 2.24) is 0 Å². The van der Waals surface area contributed by atoms with E-state index in [4.69, 9.17) is 41.7 Å². The minimum Gasteiger partial charge on any atom is -0.453 e. The average Bonchev–Trinajstić information content (AvgIpc) is 3.43. The van der Waals surface area contributed by atoms with Gasteiger partial charge in [-0.1, -0.05) is 36.2 Å². The molecule has 19 heteroatoms. The maximum absolute atomic E-state index is 13.3. The van der Waals surface area contributed by atoms with Crippen LogP contribution in [0.1, 0.15) is 27.0 Å². The van der Waals surface area contributed by atoms with Crippen molar-refractivity contribution < 1.29 is 62.5 Å². The first-order valence-electron chi connectivity index (χ1n) is 11.3. The zero-order valence-electron chi connectivity index (χ0n) is 19.7. The lowest BCUT2D eigenvalue weighted by Crippen LogP contribution is -2.51. The van der Waals surface area contributed by atoms with Crippen LogP contribution in [0.4, 0.5) is 13.2 Å².